The van der Waals surface area contributed by atoms with E-state index in [1.54, 1.807) is 6.07 Å². The van der Waals surface area contributed by atoms with Crippen molar-refractivity contribution in [3.8, 4) is 5.75 Å². The lowest BCUT2D eigenvalue weighted by Gasteiger charge is -2.25. The smallest absolute Gasteiger partial charge is 0.201 e. The molecule has 0 saturated heterocycles. The van der Waals surface area contributed by atoms with Crippen LogP contribution in [-0.2, 0) is 6.54 Å². The zero-order valence-electron chi connectivity index (χ0n) is 7.18. The zero-order valence-corrected chi connectivity index (χ0v) is 7.18. The highest BCUT2D eigenvalue weighted by Crippen LogP contribution is 2.28. The van der Waals surface area contributed by atoms with Crippen LogP contribution in [0, 0.1) is 11.6 Å². The van der Waals surface area contributed by atoms with E-state index in [1.807, 2.05) is 11.9 Å². The first kappa shape index (κ1) is 8.44. The SMILES string of the molecule is CN1COc2c(ccc(F)c2F)C1. The minimum Gasteiger partial charge on any atom is -0.475 e. The van der Waals surface area contributed by atoms with Gasteiger partial charge in [0.1, 0.15) is 6.73 Å². The van der Waals surface area contributed by atoms with Crippen LogP contribution in [0.2, 0.25) is 0 Å². The van der Waals surface area contributed by atoms with Crippen LogP contribution in [0.15, 0.2) is 12.1 Å². The van der Waals surface area contributed by atoms with Crippen LogP contribution in [0.25, 0.3) is 0 Å². The van der Waals surface area contributed by atoms with Crippen molar-refractivity contribution >= 4 is 0 Å². The van der Waals surface area contributed by atoms with E-state index in [9.17, 15) is 8.78 Å². The molecule has 13 heavy (non-hydrogen) atoms. The second-order valence-electron chi connectivity index (χ2n) is 3.14. The molecule has 0 spiro atoms. The number of benzene rings is 1. The van der Waals surface area contributed by atoms with Crippen molar-refractivity contribution in [1.29, 1.82) is 0 Å². The largest absolute Gasteiger partial charge is 0.475 e. The molecule has 0 N–H and O–H groups in total. The van der Waals surface area contributed by atoms with Crippen molar-refractivity contribution in [2.45, 2.75) is 6.54 Å². The van der Waals surface area contributed by atoms with Gasteiger partial charge in [-0.05, 0) is 13.1 Å². The lowest BCUT2D eigenvalue weighted by Crippen LogP contribution is -2.28. The van der Waals surface area contributed by atoms with Crippen molar-refractivity contribution in [2.75, 3.05) is 13.8 Å². The molecule has 0 aromatic heterocycles. The molecule has 0 amide bonds. The standard InChI is InChI=1S/C9H9F2NO/c1-12-4-6-2-3-7(10)8(11)9(6)13-5-12/h2-3H,4-5H2,1H3. The maximum absolute atomic E-state index is 13.1. The van der Waals surface area contributed by atoms with Gasteiger partial charge in [-0.15, -0.1) is 0 Å². The van der Waals surface area contributed by atoms with E-state index in [-0.39, 0.29) is 5.75 Å². The van der Waals surface area contributed by atoms with Crippen LogP contribution in [0.3, 0.4) is 0 Å². The normalized spacial score (nSPS) is 16.5. The number of ether oxygens (including phenoxy) is 1. The first-order chi connectivity index (χ1) is 6.18. The van der Waals surface area contributed by atoms with Crippen molar-refractivity contribution in [3.63, 3.8) is 0 Å². The zero-order chi connectivity index (χ0) is 9.42. The van der Waals surface area contributed by atoms with Gasteiger partial charge >= 0.3 is 0 Å². The molecule has 0 aliphatic carbocycles. The molecular formula is C9H9F2NO. The highest BCUT2D eigenvalue weighted by Gasteiger charge is 2.20. The summed E-state index contributed by atoms with van der Waals surface area (Å²) in [5.74, 6) is -1.69. The second-order valence-corrected chi connectivity index (χ2v) is 3.14. The average Bonchev–Trinajstić information content (AvgIpc) is 2.12. The summed E-state index contributed by atoms with van der Waals surface area (Å²) in [7, 11) is 1.85. The Balaban J connectivity index is 2.47. The van der Waals surface area contributed by atoms with Gasteiger partial charge in [-0.1, -0.05) is 6.07 Å². The summed E-state index contributed by atoms with van der Waals surface area (Å²) in [6.07, 6.45) is 0. The van der Waals surface area contributed by atoms with Crippen LogP contribution in [-0.4, -0.2) is 18.7 Å². The van der Waals surface area contributed by atoms with E-state index in [4.69, 9.17) is 4.74 Å². The second kappa shape index (κ2) is 2.96. The molecule has 1 heterocycles. The minimum atomic E-state index is -0.884. The number of hydrogen-bond donors (Lipinski definition) is 0. The molecule has 4 heteroatoms. The maximum atomic E-state index is 13.1. The first-order valence-corrected chi connectivity index (χ1v) is 3.96. The lowest BCUT2D eigenvalue weighted by molar-refractivity contribution is 0.114. The maximum Gasteiger partial charge on any atom is 0.201 e. The Hall–Kier alpha value is -1.16. The molecule has 0 radical (unpaired) electrons. The molecular weight excluding hydrogens is 176 g/mol. The number of fused-ring (bicyclic) bond motifs is 1. The van der Waals surface area contributed by atoms with Gasteiger partial charge in [0.2, 0.25) is 5.82 Å². The van der Waals surface area contributed by atoms with E-state index in [0.29, 0.717) is 18.8 Å². The predicted octanol–water partition coefficient (Wildman–Crippen LogP) is 1.75. The molecule has 2 nitrogen and oxygen atoms in total. The predicted molar refractivity (Wildman–Crippen MR) is 43.3 cm³/mol. The molecule has 0 fully saturated rings. The average molecular weight is 185 g/mol. The van der Waals surface area contributed by atoms with E-state index in [1.165, 1.54) is 0 Å². The lowest BCUT2D eigenvalue weighted by atomic mass is 10.1. The van der Waals surface area contributed by atoms with Crippen molar-refractivity contribution < 1.29 is 13.5 Å². The van der Waals surface area contributed by atoms with Gasteiger partial charge in [0, 0.05) is 12.1 Å². The third kappa shape index (κ3) is 1.37. The Morgan fingerprint density at radius 2 is 2.15 bits per heavy atom. The first-order valence-electron chi connectivity index (χ1n) is 3.96. The highest BCUT2D eigenvalue weighted by atomic mass is 19.2. The van der Waals surface area contributed by atoms with Crippen molar-refractivity contribution in [1.82, 2.24) is 4.90 Å². The van der Waals surface area contributed by atoms with Gasteiger partial charge in [-0.25, -0.2) is 4.39 Å². The highest BCUT2D eigenvalue weighted by molar-refractivity contribution is 5.36. The van der Waals surface area contributed by atoms with Crippen LogP contribution in [0.4, 0.5) is 8.78 Å². The summed E-state index contributed by atoms with van der Waals surface area (Å²) in [5.41, 5.74) is 0.688. The van der Waals surface area contributed by atoms with Crippen LogP contribution >= 0.6 is 0 Å². The molecule has 1 aliphatic rings. The van der Waals surface area contributed by atoms with E-state index < -0.39 is 11.6 Å². The van der Waals surface area contributed by atoms with E-state index >= 15 is 0 Å². The summed E-state index contributed by atoms with van der Waals surface area (Å²) in [5, 5.41) is 0. The Kier molecular flexibility index (Phi) is 1.92. The Bertz CT molecular complexity index is 341. The van der Waals surface area contributed by atoms with E-state index in [2.05, 4.69) is 0 Å². The Morgan fingerprint density at radius 1 is 1.38 bits per heavy atom. The fourth-order valence-corrected chi connectivity index (χ4v) is 1.36. The molecule has 0 unspecified atom stereocenters. The van der Waals surface area contributed by atoms with Crippen LogP contribution in [0.5, 0.6) is 5.75 Å². The Morgan fingerprint density at radius 3 is 2.92 bits per heavy atom. The van der Waals surface area contributed by atoms with Crippen LogP contribution in [0.1, 0.15) is 5.56 Å². The molecule has 1 aliphatic heterocycles. The van der Waals surface area contributed by atoms with Crippen molar-refractivity contribution in [2.24, 2.45) is 0 Å². The van der Waals surface area contributed by atoms with Gasteiger partial charge in [0.15, 0.2) is 11.6 Å². The monoisotopic (exact) mass is 185 g/mol. The number of hydrogen-bond acceptors (Lipinski definition) is 2. The fourth-order valence-electron chi connectivity index (χ4n) is 1.36. The van der Waals surface area contributed by atoms with E-state index in [0.717, 1.165) is 6.07 Å². The number of halogens is 2. The quantitative estimate of drug-likeness (QED) is 0.610. The van der Waals surface area contributed by atoms with Crippen molar-refractivity contribution in [3.05, 3.63) is 29.3 Å². The summed E-state index contributed by atoms with van der Waals surface area (Å²) in [6.45, 7) is 0.889. The number of nitrogens with zero attached hydrogens (tertiary/aromatic N) is 1. The molecule has 70 valence electrons. The molecule has 0 atom stereocenters. The summed E-state index contributed by atoms with van der Waals surface area (Å²) < 4.78 is 30.9. The molecule has 1 aromatic rings. The summed E-state index contributed by atoms with van der Waals surface area (Å²) >= 11 is 0. The third-order valence-electron chi connectivity index (χ3n) is 2.00. The summed E-state index contributed by atoms with van der Waals surface area (Å²) in [4.78, 5) is 1.87. The number of rotatable bonds is 0. The fraction of sp³-hybridized carbons (Fsp3) is 0.333. The van der Waals surface area contributed by atoms with Gasteiger partial charge in [0.25, 0.3) is 0 Å². The summed E-state index contributed by atoms with van der Waals surface area (Å²) in [6, 6.07) is 2.67. The third-order valence-corrected chi connectivity index (χ3v) is 2.00. The van der Waals surface area contributed by atoms with Crippen LogP contribution < -0.4 is 4.74 Å². The Labute approximate surface area is 74.7 Å². The van der Waals surface area contributed by atoms with Gasteiger partial charge < -0.3 is 4.74 Å². The molecule has 2 rings (SSSR count). The molecule has 1 aromatic carbocycles. The van der Waals surface area contributed by atoms with Gasteiger partial charge in [-0.3, -0.25) is 4.90 Å². The molecule has 0 saturated carbocycles. The minimum absolute atomic E-state index is 0.0538. The van der Waals surface area contributed by atoms with Gasteiger partial charge in [-0.2, -0.15) is 4.39 Å². The topological polar surface area (TPSA) is 12.5 Å². The van der Waals surface area contributed by atoms with Gasteiger partial charge in [0.05, 0.1) is 0 Å². The molecule has 0 bridgehead atoms.